The maximum Gasteiger partial charge on any atom is -0.0386 e. The third-order valence-corrected chi connectivity index (χ3v) is 6.93. The highest BCUT2D eigenvalue weighted by atomic mass is 14.3. The second kappa shape index (κ2) is 10.7. The molecule has 0 spiro atoms. The van der Waals surface area contributed by atoms with Gasteiger partial charge in [-0.1, -0.05) is 117 Å². The van der Waals surface area contributed by atoms with E-state index in [-0.39, 0.29) is 0 Å². The summed E-state index contributed by atoms with van der Waals surface area (Å²) in [5.74, 6) is 4.39. The third-order valence-electron chi connectivity index (χ3n) is 6.93. The van der Waals surface area contributed by atoms with E-state index in [1.165, 1.54) is 77.0 Å². The molecule has 0 nitrogen and oxygen atoms in total. The predicted molar refractivity (Wildman–Crippen MR) is 99.2 cm³/mol. The fourth-order valence-corrected chi connectivity index (χ4v) is 5.32. The molecular weight excluding hydrogens is 264 g/mol. The maximum absolute atomic E-state index is 2.46. The molecule has 22 heavy (non-hydrogen) atoms. The molecule has 0 heteroatoms. The predicted octanol–water partition coefficient (Wildman–Crippen LogP) is 7.76. The lowest BCUT2D eigenvalue weighted by molar-refractivity contribution is 0.171. The van der Waals surface area contributed by atoms with Crippen molar-refractivity contribution in [2.45, 2.75) is 117 Å². The molecule has 3 aliphatic carbocycles. The van der Waals surface area contributed by atoms with Crippen molar-refractivity contribution in [1.82, 2.24) is 0 Å². The van der Waals surface area contributed by atoms with Gasteiger partial charge in [0.1, 0.15) is 0 Å². The SMILES string of the molecule is C1CCC2CCCCC2C1.CCCCC(C)C1CCCCC1. The van der Waals surface area contributed by atoms with Crippen LogP contribution in [-0.4, -0.2) is 0 Å². The number of fused-ring (bicyclic) bond motifs is 1. The Kier molecular flexibility index (Phi) is 8.93. The Morgan fingerprint density at radius 3 is 1.59 bits per heavy atom. The second-order valence-corrected chi connectivity index (χ2v) is 8.61. The fourth-order valence-electron chi connectivity index (χ4n) is 5.32. The van der Waals surface area contributed by atoms with Gasteiger partial charge in [-0.05, 0) is 23.7 Å². The highest BCUT2D eigenvalue weighted by Gasteiger charge is 2.26. The van der Waals surface area contributed by atoms with Crippen LogP contribution in [0.4, 0.5) is 0 Å². The van der Waals surface area contributed by atoms with Crippen molar-refractivity contribution in [2.24, 2.45) is 23.7 Å². The Labute approximate surface area is 140 Å². The van der Waals surface area contributed by atoms with E-state index in [1.807, 2.05) is 0 Å². The van der Waals surface area contributed by atoms with E-state index in [0.717, 1.165) is 23.7 Å². The van der Waals surface area contributed by atoms with Gasteiger partial charge in [-0.3, -0.25) is 0 Å². The van der Waals surface area contributed by atoms with Gasteiger partial charge in [0.25, 0.3) is 0 Å². The summed E-state index contributed by atoms with van der Waals surface area (Å²) in [6.45, 7) is 4.76. The molecular formula is C22H42. The molecule has 0 aromatic heterocycles. The van der Waals surface area contributed by atoms with Crippen LogP contribution in [0.3, 0.4) is 0 Å². The first-order valence-electron chi connectivity index (χ1n) is 10.8. The Balaban J connectivity index is 0.000000162. The summed E-state index contributed by atoms with van der Waals surface area (Å²) in [7, 11) is 0. The topological polar surface area (TPSA) is 0 Å². The van der Waals surface area contributed by atoms with Crippen LogP contribution in [0.25, 0.3) is 0 Å². The quantitative estimate of drug-likeness (QED) is 0.498. The van der Waals surface area contributed by atoms with Crippen LogP contribution < -0.4 is 0 Å². The first-order valence-corrected chi connectivity index (χ1v) is 10.8. The van der Waals surface area contributed by atoms with E-state index in [9.17, 15) is 0 Å². The van der Waals surface area contributed by atoms with Crippen LogP contribution in [0.5, 0.6) is 0 Å². The number of unbranched alkanes of at least 4 members (excludes halogenated alkanes) is 1. The van der Waals surface area contributed by atoms with Crippen molar-refractivity contribution >= 4 is 0 Å². The zero-order valence-corrected chi connectivity index (χ0v) is 15.6. The molecule has 0 amide bonds. The molecule has 130 valence electrons. The Morgan fingerprint density at radius 2 is 1.14 bits per heavy atom. The molecule has 3 saturated carbocycles. The van der Waals surface area contributed by atoms with Gasteiger partial charge in [-0.15, -0.1) is 0 Å². The molecule has 0 bridgehead atoms. The molecule has 0 N–H and O–H groups in total. The lowest BCUT2D eigenvalue weighted by Crippen LogP contribution is -2.22. The Morgan fingerprint density at radius 1 is 0.682 bits per heavy atom. The molecule has 3 fully saturated rings. The van der Waals surface area contributed by atoms with E-state index < -0.39 is 0 Å². The van der Waals surface area contributed by atoms with Crippen molar-refractivity contribution in [3.8, 4) is 0 Å². The molecule has 0 radical (unpaired) electrons. The van der Waals surface area contributed by atoms with Crippen LogP contribution in [-0.2, 0) is 0 Å². The molecule has 3 rings (SSSR count). The lowest BCUT2D eigenvalue weighted by atomic mass is 9.71. The summed E-state index contributed by atoms with van der Waals surface area (Å²) in [4.78, 5) is 0. The van der Waals surface area contributed by atoms with E-state index >= 15 is 0 Å². The number of hydrogen-bond donors (Lipinski definition) is 0. The zero-order valence-electron chi connectivity index (χ0n) is 15.6. The Hall–Kier alpha value is 0. The van der Waals surface area contributed by atoms with Gasteiger partial charge in [0.15, 0.2) is 0 Å². The first kappa shape index (κ1) is 18.3. The summed E-state index contributed by atoms with van der Waals surface area (Å²) in [6, 6.07) is 0. The molecule has 1 atom stereocenters. The van der Waals surface area contributed by atoms with Crippen molar-refractivity contribution in [1.29, 1.82) is 0 Å². The number of hydrogen-bond acceptors (Lipinski definition) is 0. The van der Waals surface area contributed by atoms with E-state index in [4.69, 9.17) is 0 Å². The van der Waals surface area contributed by atoms with Gasteiger partial charge in [0, 0.05) is 0 Å². The molecule has 3 aliphatic rings. The van der Waals surface area contributed by atoms with Crippen LogP contribution >= 0.6 is 0 Å². The minimum Gasteiger partial charge on any atom is -0.0654 e. The molecule has 0 aromatic carbocycles. The monoisotopic (exact) mass is 306 g/mol. The molecule has 0 heterocycles. The third kappa shape index (κ3) is 6.25. The lowest BCUT2D eigenvalue weighted by Gasteiger charge is -2.35. The van der Waals surface area contributed by atoms with Crippen LogP contribution in [0.2, 0.25) is 0 Å². The summed E-state index contributed by atoms with van der Waals surface area (Å²) in [6.07, 6.45) is 24.2. The van der Waals surface area contributed by atoms with Gasteiger partial charge in [0.05, 0.1) is 0 Å². The summed E-state index contributed by atoms with van der Waals surface area (Å²) < 4.78 is 0. The highest BCUT2D eigenvalue weighted by Crippen LogP contribution is 2.40. The van der Waals surface area contributed by atoms with E-state index in [2.05, 4.69) is 13.8 Å². The molecule has 0 saturated heterocycles. The fraction of sp³-hybridized carbons (Fsp3) is 1.00. The minimum absolute atomic E-state index is 1.00. The van der Waals surface area contributed by atoms with E-state index in [0.29, 0.717) is 0 Å². The second-order valence-electron chi connectivity index (χ2n) is 8.61. The zero-order chi connectivity index (χ0) is 15.6. The largest absolute Gasteiger partial charge is 0.0654 e. The summed E-state index contributed by atoms with van der Waals surface area (Å²) >= 11 is 0. The average Bonchev–Trinajstić information content (AvgIpc) is 2.61. The van der Waals surface area contributed by atoms with Gasteiger partial charge in [-0.25, -0.2) is 0 Å². The van der Waals surface area contributed by atoms with Crippen LogP contribution in [0, 0.1) is 23.7 Å². The van der Waals surface area contributed by atoms with Gasteiger partial charge in [0.2, 0.25) is 0 Å². The van der Waals surface area contributed by atoms with Gasteiger partial charge in [-0.2, -0.15) is 0 Å². The van der Waals surface area contributed by atoms with Crippen LogP contribution in [0.1, 0.15) is 117 Å². The molecule has 0 aromatic rings. The number of rotatable bonds is 4. The van der Waals surface area contributed by atoms with Gasteiger partial charge >= 0.3 is 0 Å². The normalized spacial score (nSPS) is 30.8. The maximum atomic E-state index is 2.46. The molecule has 1 unspecified atom stereocenters. The van der Waals surface area contributed by atoms with Crippen molar-refractivity contribution < 1.29 is 0 Å². The summed E-state index contributed by atoms with van der Waals surface area (Å²) in [5.41, 5.74) is 0. The van der Waals surface area contributed by atoms with Crippen molar-refractivity contribution in [2.75, 3.05) is 0 Å². The Bertz CT molecular complexity index is 237. The first-order chi connectivity index (χ1) is 10.8. The van der Waals surface area contributed by atoms with Gasteiger partial charge < -0.3 is 0 Å². The summed E-state index contributed by atoms with van der Waals surface area (Å²) in [5, 5.41) is 0. The average molecular weight is 307 g/mol. The van der Waals surface area contributed by atoms with E-state index in [1.54, 1.807) is 25.7 Å². The van der Waals surface area contributed by atoms with Crippen molar-refractivity contribution in [3.63, 3.8) is 0 Å². The smallest absolute Gasteiger partial charge is 0.0386 e. The van der Waals surface area contributed by atoms with Crippen LogP contribution in [0.15, 0.2) is 0 Å². The minimum atomic E-state index is 1.00. The molecule has 0 aliphatic heterocycles. The van der Waals surface area contributed by atoms with Crippen molar-refractivity contribution in [3.05, 3.63) is 0 Å². The standard InChI is InChI=1S/C12H24.C10H18/c1-3-4-8-11(2)12-9-6-5-7-10-12;1-2-6-10-8-4-3-7-9(10)5-1/h11-12H,3-10H2,1-2H3;9-10H,1-8H2. The highest BCUT2D eigenvalue weighted by molar-refractivity contribution is 4.78.